The molecule has 3 aromatic rings. The van der Waals surface area contributed by atoms with Crippen LogP contribution in [0.1, 0.15) is 37.9 Å². The van der Waals surface area contributed by atoms with Gasteiger partial charge >= 0.3 is 11.9 Å². The van der Waals surface area contributed by atoms with Gasteiger partial charge in [0.2, 0.25) is 0 Å². The lowest BCUT2D eigenvalue weighted by Crippen LogP contribution is -2.40. The van der Waals surface area contributed by atoms with E-state index in [1.807, 2.05) is 24.3 Å². The van der Waals surface area contributed by atoms with Gasteiger partial charge in [0.25, 0.3) is 5.56 Å². The Kier molecular flexibility index (Phi) is 7.58. The second-order valence-electron chi connectivity index (χ2n) is 8.08. The number of nitrogens with zero attached hydrogens (tertiary/aromatic N) is 2. The number of hydrogen-bond acceptors (Lipinski definition) is 9. The number of allylic oxidation sites excluding steroid dienone is 1. The summed E-state index contributed by atoms with van der Waals surface area (Å²) in [6.45, 7) is 4.88. The number of thiazole rings is 1. The molecule has 1 aliphatic rings. The smallest absolute Gasteiger partial charge is 0.338 e. The molecule has 1 aliphatic heterocycles. The topological polar surface area (TPSA) is 105 Å². The van der Waals surface area contributed by atoms with Crippen LogP contribution >= 0.6 is 11.3 Å². The number of ether oxygens (including phenoxy) is 4. The van der Waals surface area contributed by atoms with Crippen LogP contribution < -0.4 is 29.1 Å². The monoisotopic (exact) mass is 522 g/mol. The third kappa shape index (κ3) is 5.19. The Labute approximate surface area is 216 Å². The fourth-order valence-corrected chi connectivity index (χ4v) is 5.13. The number of methoxy groups -OCH3 is 2. The van der Waals surface area contributed by atoms with E-state index in [0.29, 0.717) is 26.3 Å². The van der Waals surface area contributed by atoms with E-state index < -0.39 is 18.0 Å². The van der Waals surface area contributed by atoms with Crippen LogP contribution in [0, 0.1) is 0 Å². The van der Waals surface area contributed by atoms with Crippen molar-refractivity contribution in [3.63, 3.8) is 0 Å². The SMILES string of the molecule is CCOC(=O)C1=C(C)N=c2sc(=Cc3cccc(OC)c3)c(=O)n2C1c1ccc(OC(C)=O)c(OC)c1. The standard InChI is InChI=1S/C27H26N2O7S/c1-6-35-26(32)23-15(2)28-27-29(24(23)18-10-11-20(36-16(3)30)21(14-18)34-5)25(31)22(37-27)13-17-8-7-9-19(12-17)33-4/h7-14,24H,6H2,1-5H3. The zero-order valence-electron chi connectivity index (χ0n) is 21.1. The maximum Gasteiger partial charge on any atom is 0.338 e. The van der Waals surface area contributed by atoms with Crippen LogP contribution in [-0.2, 0) is 14.3 Å². The van der Waals surface area contributed by atoms with Gasteiger partial charge in [0.15, 0.2) is 16.3 Å². The van der Waals surface area contributed by atoms with Gasteiger partial charge in [0, 0.05) is 6.92 Å². The predicted molar refractivity (Wildman–Crippen MR) is 138 cm³/mol. The molecule has 0 aliphatic carbocycles. The molecular formula is C27H26N2O7S. The van der Waals surface area contributed by atoms with Crippen LogP contribution in [0.3, 0.4) is 0 Å². The van der Waals surface area contributed by atoms with Crippen molar-refractivity contribution in [3.05, 3.63) is 84.5 Å². The summed E-state index contributed by atoms with van der Waals surface area (Å²) in [5, 5.41) is 0. The highest BCUT2D eigenvalue weighted by Crippen LogP contribution is 2.36. The van der Waals surface area contributed by atoms with Crippen molar-refractivity contribution in [1.29, 1.82) is 0 Å². The largest absolute Gasteiger partial charge is 0.497 e. The molecule has 37 heavy (non-hydrogen) atoms. The molecule has 1 atom stereocenters. The third-order valence-corrected chi connectivity index (χ3v) is 6.65. The summed E-state index contributed by atoms with van der Waals surface area (Å²) in [6.07, 6.45) is 1.76. The van der Waals surface area contributed by atoms with E-state index in [1.54, 1.807) is 45.2 Å². The lowest BCUT2D eigenvalue weighted by atomic mass is 9.95. The summed E-state index contributed by atoms with van der Waals surface area (Å²) in [6, 6.07) is 11.4. The number of hydrogen-bond donors (Lipinski definition) is 0. The van der Waals surface area contributed by atoms with E-state index >= 15 is 0 Å². The van der Waals surface area contributed by atoms with E-state index in [4.69, 9.17) is 18.9 Å². The lowest BCUT2D eigenvalue weighted by Gasteiger charge is -2.25. The molecule has 2 aromatic carbocycles. The van der Waals surface area contributed by atoms with Crippen LogP contribution in [0.25, 0.3) is 6.08 Å². The third-order valence-electron chi connectivity index (χ3n) is 5.67. The molecule has 1 aromatic heterocycles. The highest BCUT2D eigenvalue weighted by molar-refractivity contribution is 7.07. The fraction of sp³-hybridized carbons (Fsp3) is 0.259. The number of fused-ring (bicyclic) bond motifs is 1. The molecule has 192 valence electrons. The molecule has 0 saturated carbocycles. The Balaban J connectivity index is 1.94. The first-order valence-corrected chi connectivity index (χ1v) is 12.3. The molecule has 0 N–H and O–H groups in total. The molecule has 0 fully saturated rings. The van der Waals surface area contributed by atoms with Crippen molar-refractivity contribution in [1.82, 2.24) is 4.57 Å². The average molecular weight is 523 g/mol. The van der Waals surface area contributed by atoms with Gasteiger partial charge in [0.05, 0.1) is 42.7 Å². The molecule has 0 spiro atoms. The fourth-order valence-electron chi connectivity index (χ4n) is 4.08. The summed E-state index contributed by atoms with van der Waals surface area (Å²) in [7, 11) is 3.02. The van der Waals surface area contributed by atoms with Crippen LogP contribution in [0.15, 0.2) is 63.5 Å². The molecule has 1 unspecified atom stereocenters. The Morgan fingerprint density at radius 2 is 1.89 bits per heavy atom. The number of rotatable bonds is 7. The van der Waals surface area contributed by atoms with Crippen molar-refractivity contribution in [2.24, 2.45) is 4.99 Å². The number of esters is 2. The van der Waals surface area contributed by atoms with E-state index in [1.165, 1.54) is 29.9 Å². The Morgan fingerprint density at radius 3 is 2.57 bits per heavy atom. The van der Waals surface area contributed by atoms with Crippen LogP contribution in [0.4, 0.5) is 0 Å². The van der Waals surface area contributed by atoms with Crippen LogP contribution in [-0.4, -0.2) is 37.3 Å². The molecule has 0 amide bonds. The highest BCUT2D eigenvalue weighted by Gasteiger charge is 2.34. The van der Waals surface area contributed by atoms with Crippen molar-refractivity contribution < 1.29 is 28.5 Å². The summed E-state index contributed by atoms with van der Waals surface area (Å²) < 4.78 is 23.2. The maximum absolute atomic E-state index is 13.7. The molecular weight excluding hydrogens is 496 g/mol. The minimum absolute atomic E-state index is 0.164. The van der Waals surface area contributed by atoms with Gasteiger partial charge in [-0.3, -0.25) is 14.2 Å². The van der Waals surface area contributed by atoms with Gasteiger partial charge < -0.3 is 18.9 Å². The number of carbonyl (C=O) groups excluding carboxylic acids is 2. The lowest BCUT2D eigenvalue weighted by molar-refractivity contribution is -0.139. The Morgan fingerprint density at radius 1 is 1.11 bits per heavy atom. The van der Waals surface area contributed by atoms with E-state index in [-0.39, 0.29) is 29.2 Å². The predicted octanol–water partition coefficient (Wildman–Crippen LogP) is 2.74. The summed E-state index contributed by atoms with van der Waals surface area (Å²) >= 11 is 1.22. The Bertz CT molecular complexity index is 1580. The molecule has 4 rings (SSSR count). The average Bonchev–Trinajstić information content (AvgIpc) is 3.17. The van der Waals surface area contributed by atoms with Gasteiger partial charge in [-0.25, -0.2) is 9.79 Å². The maximum atomic E-state index is 13.7. The molecule has 0 bridgehead atoms. The molecule has 2 heterocycles. The van der Waals surface area contributed by atoms with Crippen LogP contribution in [0.2, 0.25) is 0 Å². The van der Waals surface area contributed by atoms with E-state index in [0.717, 1.165) is 5.56 Å². The molecule has 10 heteroatoms. The number of carbonyl (C=O) groups is 2. The first kappa shape index (κ1) is 25.9. The van der Waals surface area contributed by atoms with Crippen LogP contribution in [0.5, 0.6) is 17.2 Å². The first-order valence-electron chi connectivity index (χ1n) is 11.5. The normalized spacial score (nSPS) is 15.1. The highest BCUT2D eigenvalue weighted by atomic mass is 32.1. The van der Waals surface area contributed by atoms with Gasteiger partial charge in [-0.05, 0) is 55.3 Å². The second-order valence-corrected chi connectivity index (χ2v) is 9.09. The molecule has 0 radical (unpaired) electrons. The number of benzene rings is 2. The van der Waals surface area contributed by atoms with Gasteiger partial charge in [-0.2, -0.15) is 0 Å². The molecule has 9 nitrogen and oxygen atoms in total. The van der Waals surface area contributed by atoms with Gasteiger partial charge in [-0.15, -0.1) is 0 Å². The van der Waals surface area contributed by atoms with Crippen molar-refractivity contribution in [2.45, 2.75) is 26.8 Å². The molecule has 0 saturated heterocycles. The van der Waals surface area contributed by atoms with Crippen molar-refractivity contribution >= 4 is 29.4 Å². The zero-order valence-corrected chi connectivity index (χ0v) is 21.9. The van der Waals surface area contributed by atoms with Crippen molar-refractivity contribution in [2.75, 3.05) is 20.8 Å². The van der Waals surface area contributed by atoms with Crippen molar-refractivity contribution in [3.8, 4) is 17.2 Å². The summed E-state index contributed by atoms with van der Waals surface area (Å²) in [5.74, 6) is 0.102. The first-order chi connectivity index (χ1) is 17.8. The summed E-state index contributed by atoms with van der Waals surface area (Å²) in [4.78, 5) is 43.3. The number of aromatic nitrogens is 1. The van der Waals surface area contributed by atoms with Gasteiger partial charge in [0.1, 0.15) is 5.75 Å². The Hall–Kier alpha value is -4.18. The quantitative estimate of drug-likeness (QED) is 0.347. The zero-order chi connectivity index (χ0) is 26.7. The minimum Gasteiger partial charge on any atom is -0.497 e. The summed E-state index contributed by atoms with van der Waals surface area (Å²) in [5.41, 5.74) is 1.73. The minimum atomic E-state index is -0.831. The second kappa shape index (κ2) is 10.8. The van der Waals surface area contributed by atoms with E-state index in [2.05, 4.69) is 4.99 Å². The van der Waals surface area contributed by atoms with Gasteiger partial charge in [-0.1, -0.05) is 29.5 Å². The van der Waals surface area contributed by atoms with E-state index in [9.17, 15) is 14.4 Å².